The summed E-state index contributed by atoms with van der Waals surface area (Å²) >= 11 is -0.235. The summed E-state index contributed by atoms with van der Waals surface area (Å²) in [5.41, 5.74) is 0. The Kier molecular flexibility index (Phi) is 6.13. The van der Waals surface area contributed by atoms with Crippen LogP contribution in [0.15, 0.2) is 0 Å². The van der Waals surface area contributed by atoms with E-state index in [4.69, 9.17) is 0 Å². The van der Waals surface area contributed by atoms with Gasteiger partial charge in [-0.15, -0.1) is 0 Å². The summed E-state index contributed by atoms with van der Waals surface area (Å²) in [4.78, 5) is 0. The minimum absolute atomic E-state index is 0.235. The summed E-state index contributed by atoms with van der Waals surface area (Å²) < 4.78 is 14.0. The molecule has 0 saturated carbocycles. The standard InChI is InChI=1S/C3H9NO2S/c1-4-2-3-6-7-5/h4,7H,2-3H2,1H3. The Balaban J connectivity index is 2.56. The minimum Gasteiger partial charge on any atom is -0.317 e. The van der Waals surface area contributed by atoms with E-state index in [1.165, 1.54) is 0 Å². The monoisotopic (exact) mass is 123 g/mol. The molecule has 0 unspecified atom stereocenters. The fourth-order valence-electron chi connectivity index (χ4n) is 0.185. The SMILES string of the molecule is CNCCO[SH]=O. The third-order valence-electron chi connectivity index (χ3n) is 0.496. The zero-order chi connectivity index (χ0) is 5.54. The van der Waals surface area contributed by atoms with Gasteiger partial charge in [0.1, 0.15) is 11.9 Å². The van der Waals surface area contributed by atoms with Gasteiger partial charge in [0.25, 0.3) is 0 Å². The van der Waals surface area contributed by atoms with Crippen molar-refractivity contribution in [3.63, 3.8) is 0 Å². The van der Waals surface area contributed by atoms with E-state index in [9.17, 15) is 4.21 Å². The van der Waals surface area contributed by atoms with Crippen molar-refractivity contribution in [3.8, 4) is 0 Å². The van der Waals surface area contributed by atoms with E-state index in [1.807, 2.05) is 7.05 Å². The van der Waals surface area contributed by atoms with Crippen LogP contribution in [0, 0.1) is 0 Å². The first-order valence-electron chi connectivity index (χ1n) is 2.01. The van der Waals surface area contributed by atoms with E-state index in [0.29, 0.717) is 6.61 Å². The highest BCUT2D eigenvalue weighted by Crippen LogP contribution is 1.63. The minimum atomic E-state index is -0.235. The Labute approximate surface area is 46.7 Å². The molecule has 0 aromatic carbocycles. The first-order valence-corrected chi connectivity index (χ1v) is 2.74. The predicted octanol–water partition coefficient (Wildman–Crippen LogP) is -0.917. The van der Waals surface area contributed by atoms with Crippen LogP contribution >= 0.6 is 0 Å². The van der Waals surface area contributed by atoms with E-state index in [0.717, 1.165) is 6.54 Å². The fraction of sp³-hybridized carbons (Fsp3) is 1.00. The van der Waals surface area contributed by atoms with Gasteiger partial charge in [-0.3, -0.25) is 4.18 Å². The summed E-state index contributed by atoms with van der Waals surface area (Å²) in [5.74, 6) is 0. The summed E-state index contributed by atoms with van der Waals surface area (Å²) in [7, 11) is 1.81. The first-order chi connectivity index (χ1) is 3.41. The molecule has 0 atom stereocenters. The van der Waals surface area contributed by atoms with Gasteiger partial charge >= 0.3 is 0 Å². The van der Waals surface area contributed by atoms with Crippen molar-refractivity contribution >= 4 is 11.9 Å². The van der Waals surface area contributed by atoms with Crippen molar-refractivity contribution in [2.24, 2.45) is 0 Å². The molecule has 0 bridgehead atoms. The van der Waals surface area contributed by atoms with Gasteiger partial charge in [0.15, 0.2) is 0 Å². The van der Waals surface area contributed by atoms with Crippen LogP contribution in [0.3, 0.4) is 0 Å². The number of likely N-dealkylation sites (N-methyl/N-ethyl adjacent to an activating group) is 1. The normalized spacial score (nSPS) is 9.29. The average molecular weight is 123 g/mol. The van der Waals surface area contributed by atoms with Crippen LogP contribution in [0.5, 0.6) is 0 Å². The summed E-state index contributed by atoms with van der Waals surface area (Å²) in [5, 5.41) is 2.83. The van der Waals surface area contributed by atoms with E-state index >= 15 is 0 Å². The molecular formula is C3H9NO2S. The lowest BCUT2D eigenvalue weighted by Crippen LogP contribution is -2.12. The molecule has 44 valence electrons. The smallest absolute Gasteiger partial charge is 0.142 e. The Morgan fingerprint density at radius 1 is 1.86 bits per heavy atom. The van der Waals surface area contributed by atoms with Crippen LogP contribution < -0.4 is 5.32 Å². The first kappa shape index (κ1) is 7.07. The Morgan fingerprint density at radius 2 is 2.57 bits per heavy atom. The number of nitrogens with one attached hydrogen (secondary N) is 1. The lowest BCUT2D eigenvalue weighted by atomic mass is 10.7. The molecule has 0 radical (unpaired) electrons. The Morgan fingerprint density at radius 3 is 3.00 bits per heavy atom. The van der Waals surface area contributed by atoms with Gasteiger partial charge in [-0.05, 0) is 7.05 Å². The molecule has 0 aliphatic carbocycles. The van der Waals surface area contributed by atoms with Gasteiger partial charge in [0.2, 0.25) is 0 Å². The second-order valence-electron chi connectivity index (χ2n) is 1.01. The fourth-order valence-corrected chi connectivity index (χ4v) is 0.351. The number of hydrogen-bond acceptors (Lipinski definition) is 3. The van der Waals surface area contributed by atoms with Crippen molar-refractivity contribution in [1.29, 1.82) is 0 Å². The highest BCUT2D eigenvalue weighted by molar-refractivity contribution is 7.60. The molecule has 0 rings (SSSR count). The van der Waals surface area contributed by atoms with Gasteiger partial charge < -0.3 is 5.32 Å². The van der Waals surface area contributed by atoms with Gasteiger partial charge in [-0.1, -0.05) is 0 Å². The molecule has 1 N–H and O–H groups in total. The highest BCUT2D eigenvalue weighted by atomic mass is 32.2. The van der Waals surface area contributed by atoms with E-state index in [2.05, 4.69) is 9.50 Å². The predicted molar refractivity (Wildman–Crippen MR) is 29.4 cm³/mol. The lowest BCUT2D eigenvalue weighted by molar-refractivity contribution is 0.358. The molecule has 0 heterocycles. The van der Waals surface area contributed by atoms with Gasteiger partial charge in [0.05, 0.1) is 6.61 Å². The zero-order valence-electron chi connectivity index (χ0n) is 4.18. The van der Waals surface area contributed by atoms with E-state index in [-0.39, 0.29) is 11.9 Å². The average Bonchev–Trinajstić information content (AvgIpc) is 1.69. The molecule has 0 fully saturated rings. The van der Waals surface area contributed by atoms with Crippen LogP contribution in [0.25, 0.3) is 0 Å². The van der Waals surface area contributed by atoms with Gasteiger partial charge in [0, 0.05) is 6.54 Å². The summed E-state index contributed by atoms with van der Waals surface area (Å²) in [6.45, 7) is 1.25. The molecule has 0 spiro atoms. The molecule has 7 heavy (non-hydrogen) atoms. The van der Waals surface area contributed by atoms with Crippen LogP contribution in [-0.2, 0) is 16.1 Å². The number of thiol groups is 1. The Hall–Kier alpha value is 0.0700. The molecule has 0 aliphatic heterocycles. The molecule has 4 heteroatoms. The van der Waals surface area contributed by atoms with Crippen molar-refractivity contribution in [2.75, 3.05) is 20.2 Å². The molecule has 0 aromatic rings. The summed E-state index contributed by atoms with van der Waals surface area (Å²) in [6.07, 6.45) is 0. The zero-order valence-corrected chi connectivity index (χ0v) is 5.07. The number of hydrogen-bond donors (Lipinski definition) is 2. The highest BCUT2D eigenvalue weighted by Gasteiger charge is 1.76. The third kappa shape index (κ3) is 6.07. The quantitative estimate of drug-likeness (QED) is 0.375. The van der Waals surface area contributed by atoms with Gasteiger partial charge in [-0.25, -0.2) is 4.21 Å². The maximum absolute atomic E-state index is 9.53. The second kappa shape index (κ2) is 6.07. The molecule has 0 aliphatic rings. The van der Waals surface area contributed by atoms with Gasteiger partial charge in [-0.2, -0.15) is 0 Å². The lowest BCUT2D eigenvalue weighted by Gasteiger charge is -1.90. The van der Waals surface area contributed by atoms with E-state index < -0.39 is 0 Å². The topological polar surface area (TPSA) is 38.3 Å². The molecule has 0 amide bonds. The van der Waals surface area contributed by atoms with Crippen molar-refractivity contribution in [2.45, 2.75) is 0 Å². The van der Waals surface area contributed by atoms with Crippen LogP contribution in [0.1, 0.15) is 0 Å². The maximum Gasteiger partial charge on any atom is 0.142 e. The summed E-state index contributed by atoms with van der Waals surface area (Å²) in [6, 6.07) is 0. The molecule has 0 aromatic heterocycles. The maximum atomic E-state index is 9.53. The number of rotatable bonds is 4. The largest absolute Gasteiger partial charge is 0.317 e. The third-order valence-corrected chi connectivity index (χ3v) is 0.784. The van der Waals surface area contributed by atoms with Crippen molar-refractivity contribution < 1.29 is 8.39 Å². The molecule has 3 nitrogen and oxygen atoms in total. The van der Waals surface area contributed by atoms with E-state index in [1.54, 1.807) is 0 Å². The second-order valence-corrected chi connectivity index (χ2v) is 1.42. The molecular weight excluding hydrogens is 114 g/mol. The Bertz CT molecular complexity index is 50.2. The van der Waals surface area contributed by atoms with Crippen LogP contribution in [-0.4, -0.2) is 24.4 Å². The van der Waals surface area contributed by atoms with Crippen LogP contribution in [0.4, 0.5) is 0 Å². The van der Waals surface area contributed by atoms with Crippen molar-refractivity contribution in [3.05, 3.63) is 0 Å². The molecule has 0 saturated heterocycles. The van der Waals surface area contributed by atoms with Crippen LogP contribution in [0.2, 0.25) is 0 Å². The van der Waals surface area contributed by atoms with Crippen molar-refractivity contribution in [1.82, 2.24) is 5.32 Å².